The highest BCUT2D eigenvalue weighted by Crippen LogP contribution is 2.43. The zero-order valence-corrected chi connectivity index (χ0v) is 15.0. The lowest BCUT2D eigenvalue weighted by Crippen LogP contribution is -2.29. The first kappa shape index (κ1) is 17.2. The minimum absolute atomic E-state index is 0.0418. The molecule has 0 radical (unpaired) electrons. The summed E-state index contributed by atoms with van der Waals surface area (Å²) in [6, 6.07) is 9.76. The van der Waals surface area contributed by atoms with Crippen LogP contribution in [0.1, 0.15) is 30.4 Å². The minimum Gasteiger partial charge on any atom is -0.313 e. The van der Waals surface area contributed by atoms with Gasteiger partial charge in [0.05, 0.1) is 16.3 Å². The summed E-state index contributed by atoms with van der Waals surface area (Å²) in [5.41, 5.74) is 4.25. The predicted molar refractivity (Wildman–Crippen MR) is 101 cm³/mol. The van der Waals surface area contributed by atoms with Gasteiger partial charge in [-0.05, 0) is 55.0 Å². The van der Waals surface area contributed by atoms with Crippen molar-refractivity contribution in [3.05, 3.63) is 57.6 Å². The Bertz CT molecular complexity index is 952. The Morgan fingerprint density at radius 1 is 0.963 bits per heavy atom. The van der Waals surface area contributed by atoms with Crippen molar-refractivity contribution >= 4 is 34.6 Å². The van der Waals surface area contributed by atoms with Gasteiger partial charge in [0.1, 0.15) is 6.42 Å². The molecule has 0 unspecified atom stereocenters. The van der Waals surface area contributed by atoms with Gasteiger partial charge in [-0.1, -0.05) is 6.07 Å². The number of fused-ring (bicyclic) bond motifs is 3. The molecule has 2 aromatic carbocycles. The van der Waals surface area contributed by atoms with Crippen molar-refractivity contribution < 1.29 is 14.5 Å². The highest BCUT2D eigenvalue weighted by Gasteiger charge is 2.33. The van der Waals surface area contributed by atoms with Crippen LogP contribution >= 0.6 is 0 Å². The SMILES string of the molecule is CN1C(=O)CC(=O)N(c2ccc([N+](=O)[O-])cc2)c2ccc3c(c21)CCCC3. The number of nitro groups is 1. The van der Waals surface area contributed by atoms with Crippen molar-refractivity contribution in [3.8, 4) is 0 Å². The van der Waals surface area contributed by atoms with Crippen LogP contribution in [-0.2, 0) is 22.4 Å². The lowest BCUT2D eigenvalue weighted by Gasteiger charge is -2.29. The first-order valence-corrected chi connectivity index (χ1v) is 8.96. The molecule has 0 aromatic heterocycles. The van der Waals surface area contributed by atoms with Crippen LogP contribution < -0.4 is 9.80 Å². The maximum atomic E-state index is 12.9. The van der Waals surface area contributed by atoms with Gasteiger partial charge in [-0.25, -0.2) is 0 Å². The average molecular weight is 365 g/mol. The number of anilines is 3. The molecule has 0 fully saturated rings. The van der Waals surface area contributed by atoms with E-state index in [2.05, 4.69) is 0 Å². The fourth-order valence-electron chi connectivity index (χ4n) is 3.94. The Morgan fingerprint density at radius 2 is 1.67 bits per heavy atom. The van der Waals surface area contributed by atoms with Crippen LogP contribution in [0.3, 0.4) is 0 Å². The molecule has 0 spiro atoms. The first-order chi connectivity index (χ1) is 13.0. The zero-order chi connectivity index (χ0) is 19.1. The van der Waals surface area contributed by atoms with E-state index in [4.69, 9.17) is 0 Å². The van der Waals surface area contributed by atoms with E-state index in [9.17, 15) is 19.7 Å². The van der Waals surface area contributed by atoms with Crippen molar-refractivity contribution in [3.63, 3.8) is 0 Å². The fourth-order valence-corrected chi connectivity index (χ4v) is 3.94. The number of benzene rings is 2. The molecule has 1 aliphatic carbocycles. The van der Waals surface area contributed by atoms with E-state index in [1.165, 1.54) is 22.6 Å². The molecule has 0 bridgehead atoms. The third-order valence-electron chi connectivity index (χ3n) is 5.30. The first-order valence-electron chi connectivity index (χ1n) is 8.96. The number of nitro benzene ring substituents is 1. The zero-order valence-electron chi connectivity index (χ0n) is 15.0. The molecule has 2 amide bonds. The highest BCUT2D eigenvalue weighted by molar-refractivity contribution is 6.18. The van der Waals surface area contributed by atoms with Gasteiger partial charge in [-0.2, -0.15) is 0 Å². The molecule has 2 aliphatic rings. The summed E-state index contributed by atoms with van der Waals surface area (Å²) in [6.45, 7) is 0. The Labute approximate surface area is 156 Å². The number of nitrogens with zero attached hydrogens (tertiary/aromatic N) is 3. The highest BCUT2D eigenvalue weighted by atomic mass is 16.6. The molecular formula is C20H19N3O4. The van der Waals surface area contributed by atoms with E-state index in [0.717, 1.165) is 36.9 Å². The normalized spacial score (nSPS) is 16.6. The average Bonchev–Trinajstić information content (AvgIpc) is 2.76. The summed E-state index contributed by atoms with van der Waals surface area (Å²) in [6.07, 6.45) is 3.77. The number of hydrogen-bond acceptors (Lipinski definition) is 4. The molecule has 7 nitrogen and oxygen atoms in total. The third kappa shape index (κ3) is 2.85. The maximum Gasteiger partial charge on any atom is 0.269 e. The minimum atomic E-state index is -0.477. The van der Waals surface area contributed by atoms with Crippen molar-refractivity contribution in [2.75, 3.05) is 16.8 Å². The second-order valence-electron chi connectivity index (χ2n) is 6.91. The summed E-state index contributed by atoms with van der Waals surface area (Å²) in [7, 11) is 1.71. The van der Waals surface area contributed by atoms with E-state index in [1.807, 2.05) is 12.1 Å². The number of rotatable bonds is 2. The summed E-state index contributed by atoms with van der Waals surface area (Å²) < 4.78 is 0. The molecule has 0 N–H and O–H groups in total. The summed E-state index contributed by atoms with van der Waals surface area (Å²) in [4.78, 5) is 39.0. The summed E-state index contributed by atoms with van der Waals surface area (Å²) >= 11 is 0. The van der Waals surface area contributed by atoms with Gasteiger partial charge in [-0.3, -0.25) is 24.6 Å². The van der Waals surface area contributed by atoms with E-state index < -0.39 is 4.92 Å². The number of non-ortho nitro benzene ring substituents is 1. The molecule has 2 aromatic rings. The molecule has 138 valence electrons. The molecule has 1 heterocycles. The molecule has 0 atom stereocenters. The largest absolute Gasteiger partial charge is 0.313 e. The predicted octanol–water partition coefficient (Wildman–Crippen LogP) is 3.50. The van der Waals surface area contributed by atoms with Crippen molar-refractivity contribution in [2.24, 2.45) is 0 Å². The Morgan fingerprint density at radius 3 is 2.37 bits per heavy atom. The van der Waals surface area contributed by atoms with Gasteiger partial charge in [0.25, 0.3) is 5.69 Å². The summed E-state index contributed by atoms with van der Waals surface area (Å²) in [5.74, 6) is -0.583. The molecule has 0 saturated carbocycles. The van der Waals surface area contributed by atoms with Crippen LogP contribution in [0.25, 0.3) is 0 Å². The van der Waals surface area contributed by atoms with E-state index in [-0.39, 0.29) is 23.9 Å². The smallest absolute Gasteiger partial charge is 0.269 e. The fraction of sp³-hybridized carbons (Fsp3) is 0.300. The van der Waals surface area contributed by atoms with Gasteiger partial charge < -0.3 is 4.90 Å². The molecule has 1 aliphatic heterocycles. The molecule has 0 saturated heterocycles. The lowest BCUT2D eigenvalue weighted by molar-refractivity contribution is -0.384. The van der Waals surface area contributed by atoms with Crippen LogP contribution in [0.2, 0.25) is 0 Å². The summed E-state index contributed by atoms with van der Waals surface area (Å²) in [5, 5.41) is 10.9. The Kier molecular flexibility index (Phi) is 4.14. The Hall–Kier alpha value is -3.22. The van der Waals surface area contributed by atoms with Crippen LogP contribution in [0.4, 0.5) is 22.7 Å². The van der Waals surface area contributed by atoms with Gasteiger partial charge >= 0.3 is 0 Å². The number of carbonyl (C=O) groups excluding carboxylic acids is 2. The van der Waals surface area contributed by atoms with Gasteiger partial charge in [0.2, 0.25) is 11.8 Å². The second-order valence-corrected chi connectivity index (χ2v) is 6.91. The van der Waals surface area contributed by atoms with E-state index in [0.29, 0.717) is 11.4 Å². The lowest BCUT2D eigenvalue weighted by atomic mass is 9.89. The van der Waals surface area contributed by atoms with Crippen molar-refractivity contribution in [2.45, 2.75) is 32.1 Å². The van der Waals surface area contributed by atoms with Gasteiger partial charge in [-0.15, -0.1) is 0 Å². The number of amides is 2. The van der Waals surface area contributed by atoms with Gasteiger partial charge in [0, 0.05) is 24.9 Å². The number of aryl methyl sites for hydroxylation is 1. The van der Waals surface area contributed by atoms with Crippen LogP contribution in [0, 0.1) is 10.1 Å². The third-order valence-corrected chi connectivity index (χ3v) is 5.30. The van der Waals surface area contributed by atoms with Crippen LogP contribution in [0.15, 0.2) is 36.4 Å². The maximum absolute atomic E-state index is 12.9. The van der Waals surface area contributed by atoms with Crippen molar-refractivity contribution in [1.29, 1.82) is 0 Å². The monoisotopic (exact) mass is 365 g/mol. The van der Waals surface area contributed by atoms with Gasteiger partial charge in [0.15, 0.2) is 0 Å². The molecular weight excluding hydrogens is 346 g/mol. The topological polar surface area (TPSA) is 83.8 Å². The molecule has 7 heteroatoms. The molecule has 27 heavy (non-hydrogen) atoms. The Balaban J connectivity index is 1.90. The van der Waals surface area contributed by atoms with E-state index in [1.54, 1.807) is 24.1 Å². The number of carbonyl (C=O) groups is 2. The molecule has 4 rings (SSSR count). The van der Waals surface area contributed by atoms with E-state index >= 15 is 0 Å². The quantitative estimate of drug-likeness (QED) is 0.463. The van der Waals surface area contributed by atoms with Crippen LogP contribution in [0.5, 0.6) is 0 Å². The standard InChI is InChI=1S/C20H19N3O4/c1-21-18(24)12-19(25)22(14-7-9-15(10-8-14)23(26)27)17-11-6-13-4-2-3-5-16(13)20(17)21/h6-11H,2-5,12H2,1H3. The second kappa shape index (κ2) is 6.50. The van der Waals surface area contributed by atoms with Crippen LogP contribution in [-0.4, -0.2) is 23.8 Å². The number of hydrogen-bond donors (Lipinski definition) is 0. The van der Waals surface area contributed by atoms with Crippen molar-refractivity contribution in [1.82, 2.24) is 0 Å².